The summed E-state index contributed by atoms with van der Waals surface area (Å²) in [5.74, 6) is -0.653. The molecule has 21 heavy (non-hydrogen) atoms. The average molecular weight is 309 g/mol. The lowest BCUT2D eigenvalue weighted by Crippen LogP contribution is -2.47. The molecule has 1 saturated heterocycles. The van der Waals surface area contributed by atoms with Crippen molar-refractivity contribution in [3.8, 4) is 0 Å². The van der Waals surface area contributed by atoms with Crippen molar-refractivity contribution in [3.63, 3.8) is 0 Å². The SMILES string of the molecule is N=C(N)N1CCCCC1CCC(=O)c1nc(C(N)=O)cs1. The summed E-state index contributed by atoms with van der Waals surface area (Å²) < 4.78 is 0. The van der Waals surface area contributed by atoms with E-state index < -0.39 is 5.91 Å². The number of primary amides is 1. The van der Waals surface area contributed by atoms with Crippen LogP contribution < -0.4 is 11.5 Å². The second-order valence-electron chi connectivity index (χ2n) is 5.09. The maximum absolute atomic E-state index is 12.1. The smallest absolute Gasteiger partial charge is 0.268 e. The zero-order chi connectivity index (χ0) is 15.4. The molecule has 1 unspecified atom stereocenters. The summed E-state index contributed by atoms with van der Waals surface area (Å²) in [6.07, 6.45) is 4.03. The van der Waals surface area contributed by atoms with Gasteiger partial charge in [0.05, 0.1) is 0 Å². The molecule has 114 valence electrons. The molecule has 8 heteroatoms. The summed E-state index contributed by atoms with van der Waals surface area (Å²) in [6.45, 7) is 0.775. The van der Waals surface area contributed by atoms with Gasteiger partial charge in [-0.05, 0) is 25.7 Å². The second kappa shape index (κ2) is 6.66. The summed E-state index contributed by atoms with van der Waals surface area (Å²) in [7, 11) is 0. The number of likely N-dealkylation sites (tertiary alicyclic amines) is 1. The maximum Gasteiger partial charge on any atom is 0.268 e. The summed E-state index contributed by atoms with van der Waals surface area (Å²) in [5.41, 5.74) is 10.8. The van der Waals surface area contributed by atoms with Gasteiger partial charge < -0.3 is 16.4 Å². The number of carbonyl (C=O) groups is 2. The van der Waals surface area contributed by atoms with Crippen LogP contribution in [0.15, 0.2) is 5.38 Å². The van der Waals surface area contributed by atoms with E-state index in [2.05, 4.69) is 4.98 Å². The van der Waals surface area contributed by atoms with Crippen LogP contribution in [0.4, 0.5) is 0 Å². The highest BCUT2D eigenvalue weighted by Gasteiger charge is 2.24. The molecule has 1 fully saturated rings. The van der Waals surface area contributed by atoms with Crippen LogP contribution in [0.25, 0.3) is 0 Å². The second-order valence-corrected chi connectivity index (χ2v) is 5.95. The van der Waals surface area contributed by atoms with Gasteiger partial charge in [-0.2, -0.15) is 0 Å². The monoisotopic (exact) mass is 309 g/mol. The highest BCUT2D eigenvalue weighted by atomic mass is 32.1. The molecule has 1 atom stereocenters. The Labute approximate surface area is 126 Å². The molecule has 2 heterocycles. The van der Waals surface area contributed by atoms with Gasteiger partial charge in [0.25, 0.3) is 5.91 Å². The number of guanidine groups is 1. The molecule has 0 bridgehead atoms. The number of aromatic nitrogens is 1. The number of piperidine rings is 1. The van der Waals surface area contributed by atoms with Gasteiger partial charge in [0.1, 0.15) is 5.69 Å². The first kappa shape index (κ1) is 15.4. The van der Waals surface area contributed by atoms with Crippen molar-refractivity contribution in [1.29, 1.82) is 5.41 Å². The van der Waals surface area contributed by atoms with E-state index in [0.717, 1.165) is 37.1 Å². The topological polar surface area (TPSA) is 126 Å². The minimum Gasteiger partial charge on any atom is -0.370 e. The Morgan fingerprint density at radius 1 is 1.43 bits per heavy atom. The number of nitrogens with zero attached hydrogens (tertiary/aromatic N) is 2. The van der Waals surface area contributed by atoms with E-state index in [-0.39, 0.29) is 23.5 Å². The van der Waals surface area contributed by atoms with Gasteiger partial charge in [0.15, 0.2) is 16.8 Å². The first-order valence-electron chi connectivity index (χ1n) is 6.88. The van der Waals surface area contributed by atoms with E-state index in [1.165, 1.54) is 5.38 Å². The normalized spacial score (nSPS) is 18.5. The Balaban J connectivity index is 1.93. The summed E-state index contributed by atoms with van der Waals surface area (Å²) in [4.78, 5) is 28.9. The van der Waals surface area contributed by atoms with Crippen molar-refractivity contribution < 1.29 is 9.59 Å². The molecule has 0 saturated carbocycles. The highest BCUT2D eigenvalue weighted by Crippen LogP contribution is 2.22. The van der Waals surface area contributed by atoms with Gasteiger partial charge in [-0.15, -0.1) is 11.3 Å². The molecule has 0 aliphatic carbocycles. The molecule has 1 aromatic rings. The third-order valence-corrected chi connectivity index (χ3v) is 4.52. The standard InChI is InChI=1S/C13H19N5O2S/c14-11(20)9-7-21-12(17-9)10(19)5-4-8-3-1-2-6-18(8)13(15)16/h7-8H,1-6H2,(H2,14,20)(H3,15,16). The Bertz CT molecular complexity index is 557. The van der Waals surface area contributed by atoms with Gasteiger partial charge in [-0.3, -0.25) is 15.0 Å². The third kappa shape index (κ3) is 3.78. The molecule has 1 aliphatic rings. The summed E-state index contributed by atoms with van der Waals surface area (Å²) in [5, 5.41) is 9.39. The molecule has 0 radical (unpaired) electrons. The number of ketones is 1. The quantitative estimate of drug-likeness (QED) is 0.424. The number of Topliss-reactive ketones (excluding diaryl/α,β-unsaturated/α-hetero) is 1. The Morgan fingerprint density at radius 2 is 2.19 bits per heavy atom. The molecule has 2 rings (SSSR count). The van der Waals surface area contributed by atoms with Crippen molar-refractivity contribution >= 4 is 29.0 Å². The summed E-state index contributed by atoms with van der Waals surface area (Å²) >= 11 is 1.14. The van der Waals surface area contributed by atoms with Crippen LogP contribution >= 0.6 is 11.3 Å². The number of hydrogen-bond donors (Lipinski definition) is 3. The van der Waals surface area contributed by atoms with Crippen LogP contribution in [0.1, 0.15) is 52.4 Å². The number of nitrogens with two attached hydrogens (primary N) is 2. The molecular formula is C13H19N5O2S. The van der Waals surface area contributed by atoms with Crippen LogP contribution in [0.5, 0.6) is 0 Å². The molecule has 5 N–H and O–H groups in total. The highest BCUT2D eigenvalue weighted by molar-refractivity contribution is 7.11. The number of rotatable bonds is 5. The van der Waals surface area contributed by atoms with Crippen LogP contribution in [0, 0.1) is 5.41 Å². The first-order valence-corrected chi connectivity index (χ1v) is 7.76. The van der Waals surface area contributed by atoms with Crippen LogP contribution in [-0.4, -0.2) is 40.1 Å². The minimum absolute atomic E-state index is 0.0670. The van der Waals surface area contributed by atoms with Crippen LogP contribution in [0.3, 0.4) is 0 Å². The van der Waals surface area contributed by atoms with Gasteiger partial charge in [-0.25, -0.2) is 4.98 Å². The third-order valence-electron chi connectivity index (χ3n) is 3.64. The van der Waals surface area contributed by atoms with Crippen molar-refractivity contribution in [2.45, 2.75) is 38.1 Å². The number of hydrogen-bond acceptors (Lipinski definition) is 5. The molecular weight excluding hydrogens is 290 g/mol. The number of carbonyl (C=O) groups excluding carboxylic acids is 2. The van der Waals surface area contributed by atoms with E-state index in [1.807, 2.05) is 4.90 Å². The van der Waals surface area contributed by atoms with E-state index in [4.69, 9.17) is 16.9 Å². The lowest BCUT2D eigenvalue weighted by Gasteiger charge is -2.36. The first-order chi connectivity index (χ1) is 9.99. The van der Waals surface area contributed by atoms with Crippen molar-refractivity contribution in [2.75, 3.05) is 6.54 Å². The fourth-order valence-corrected chi connectivity index (χ4v) is 3.31. The predicted octanol–water partition coefficient (Wildman–Crippen LogP) is 0.953. The fourth-order valence-electron chi connectivity index (χ4n) is 2.54. The van der Waals surface area contributed by atoms with Crippen molar-refractivity contribution in [1.82, 2.24) is 9.88 Å². The maximum atomic E-state index is 12.1. The summed E-state index contributed by atoms with van der Waals surface area (Å²) in [6, 6.07) is 0.135. The van der Waals surface area contributed by atoms with Crippen molar-refractivity contribution in [3.05, 3.63) is 16.1 Å². The van der Waals surface area contributed by atoms with E-state index in [9.17, 15) is 9.59 Å². The zero-order valence-corrected chi connectivity index (χ0v) is 12.5. The van der Waals surface area contributed by atoms with E-state index in [1.54, 1.807) is 0 Å². The molecule has 0 aromatic carbocycles. The van der Waals surface area contributed by atoms with Crippen molar-refractivity contribution in [2.24, 2.45) is 11.5 Å². The Kier molecular flexibility index (Phi) is 4.89. The molecule has 1 amide bonds. The van der Waals surface area contributed by atoms with Gasteiger partial charge in [-0.1, -0.05) is 0 Å². The zero-order valence-electron chi connectivity index (χ0n) is 11.7. The average Bonchev–Trinajstić information content (AvgIpc) is 2.95. The van der Waals surface area contributed by atoms with Crippen LogP contribution in [0.2, 0.25) is 0 Å². The van der Waals surface area contributed by atoms with Gasteiger partial charge in [0, 0.05) is 24.4 Å². The van der Waals surface area contributed by atoms with Gasteiger partial charge in [0.2, 0.25) is 0 Å². The molecule has 1 aromatic heterocycles. The van der Waals surface area contributed by atoms with E-state index in [0.29, 0.717) is 17.8 Å². The van der Waals surface area contributed by atoms with Crippen LogP contribution in [-0.2, 0) is 0 Å². The predicted molar refractivity (Wildman–Crippen MR) is 80.5 cm³/mol. The number of thiazole rings is 1. The minimum atomic E-state index is -0.625. The Hall–Kier alpha value is -1.96. The fraction of sp³-hybridized carbons (Fsp3) is 0.538. The molecule has 0 spiro atoms. The number of amides is 1. The number of nitrogens with one attached hydrogen (secondary N) is 1. The largest absolute Gasteiger partial charge is 0.370 e. The van der Waals surface area contributed by atoms with Gasteiger partial charge >= 0.3 is 0 Å². The lowest BCUT2D eigenvalue weighted by atomic mass is 9.97. The van der Waals surface area contributed by atoms with E-state index >= 15 is 0 Å². The molecule has 1 aliphatic heterocycles. The molecule has 7 nitrogen and oxygen atoms in total. The Morgan fingerprint density at radius 3 is 2.81 bits per heavy atom. The lowest BCUT2D eigenvalue weighted by molar-refractivity contribution is 0.0963.